The number of carbonyl (C=O) groups excluding carboxylic acids is 2. The molecule has 0 saturated carbocycles. The minimum Gasteiger partial charge on any atom is -0.481 e. The van der Waals surface area contributed by atoms with Crippen molar-refractivity contribution in [1.82, 2.24) is 16.0 Å². The first-order chi connectivity index (χ1) is 10.4. The Labute approximate surface area is 126 Å². The summed E-state index contributed by atoms with van der Waals surface area (Å²) in [5.74, 6) is -1.89. The van der Waals surface area contributed by atoms with Crippen molar-refractivity contribution in [2.75, 3.05) is 19.6 Å². The molecule has 0 fully saturated rings. The van der Waals surface area contributed by atoms with Gasteiger partial charge in [0, 0.05) is 25.2 Å². The third kappa shape index (κ3) is 6.21. The standard InChI is InChI=1S/C14H18FN3O4/c1-9-2-3-10(8-11(9)15)13(21)16-6-7-18-14(22)17-5-4-12(19)20/h2-3,8H,4-7H2,1H3,(H,16,21)(H,19,20)(H2,17,18,22). The summed E-state index contributed by atoms with van der Waals surface area (Å²) in [5, 5.41) is 15.7. The molecule has 0 bridgehead atoms. The highest BCUT2D eigenvalue weighted by molar-refractivity contribution is 5.94. The molecular weight excluding hydrogens is 293 g/mol. The van der Waals surface area contributed by atoms with Crippen LogP contribution < -0.4 is 16.0 Å². The van der Waals surface area contributed by atoms with Crippen LogP contribution in [-0.2, 0) is 4.79 Å². The number of carboxylic acids is 1. The van der Waals surface area contributed by atoms with Crippen molar-refractivity contribution in [2.45, 2.75) is 13.3 Å². The predicted molar refractivity (Wildman–Crippen MR) is 77.1 cm³/mol. The number of nitrogens with one attached hydrogen (secondary N) is 3. The van der Waals surface area contributed by atoms with E-state index in [1.165, 1.54) is 12.1 Å². The third-order valence-corrected chi connectivity index (χ3v) is 2.75. The summed E-state index contributed by atoms with van der Waals surface area (Å²) in [5.41, 5.74) is 0.658. The van der Waals surface area contributed by atoms with E-state index in [0.29, 0.717) is 5.56 Å². The predicted octanol–water partition coefficient (Wildman–Crippen LogP) is 0.638. The van der Waals surface area contributed by atoms with Crippen molar-refractivity contribution in [2.24, 2.45) is 0 Å². The van der Waals surface area contributed by atoms with Gasteiger partial charge >= 0.3 is 12.0 Å². The Morgan fingerprint density at radius 3 is 2.36 bits per heavy atom. The molecule has 8 heteroatoms. The zero-order valence-electron chi connectivity index (χ0n) is 12.1. The van der Waals surface area contributed by atoms with Gasteiger partial charge in [-0.1, -0.05) is 6.07 Å². The Kier molecular flexibility index (Phi) is 6.81. The maximum atomic E-state index is 13.3. The normalized spacial score (nSPS) is 9.91. The second-order valence-electron chi connectivity index (χ2n) is 4.55. The highest BCUT2D eigenvalue weighted by atomic mass is 19.1. The van der Waals surface area contributed by atoms with E-state index >= 15 is 0 Å². The fraction of sp³-hybridized carbons (Fsp3) is 0.357. The molecule has 0 aliphatic rings. The Bertz CT molecular complexity index is 563. The Hall–Kier alpha value is -2.64. The van der Waals surface area contributed by atoms with Gasteiger partial charge in [-0.2, -0.15) is 0 Å². The van der Waals surface area contributed by atoms with E-state index in [-0.39, 0.29) is 31.6 Å². The van der Waals surface area contributed by atoms with Crippen LogP contribution in [0.2, 0.25) is 0 Å². The van der Waals surface area contributed by atoms with Crippen molar-refractivity contribution in [1.29, 1.82) is 0 Å². The Morgan fingerprint density at radius 1 is 1.09 bits per heavy atom. The number of carbonyl (C=O) groups is 3. The van der Waals surface area contributed by atoms with Crippen LogP contribution in [0.25, 0.3) is 0 Å². The summed E-state index contributed by atoms with van der Waals surface area (Å²) < 4.78 is 13.3. The van der Waals surface area contributed by atoms with Crippen LogP contribution in [0.4, 0.5) is 9.18 Å². The van der Waals surface area contributed by atoms with E-state index in [1.54, 1.807) is 6.92 Å². The van der Waals surface area contributed by atoms with E-state index < -0.39 is 23.7 Å². The summed E-state index contributed by atoms with van der Waals surface area (Å²) in [6.45, 7) is 1.96. The summed E-state index contributed by atoms with van der Waals surface area (Å²) >= 11 is 0. The highest BCUT2D eigenvalue weighted by Crippen LogP contribution is 2.08. The van der Waals surface area contributed by atoms with Gasteiger partial charge in [0.2, 0.25) is 0 Å². The van der Waals surface area contributed by atoms with Crippen molar-refractivity contribution in [3.63, 3.8) is 0 Å². The van der Waals surface area contributed by atoms with Crippen LogP contribution in [0.15, 0.2) is 18.2 Å². The van der Waals surface area contributed by atoms with E-state index in [9.17, 15) is 18.8 Å². The number of amides is 3. The monoisotopic (exact) mass is 311 g/mol. The van der Waals surface area contributed by atoms with Crippen molar-refractivity contribution in [3.05, 3.63) is 35.1 Å². The number of aliphatic carboxylic acids is 1. The number of aryl methyl sites for hydroxylation is 1. The summed E-state index contributed by atoms with van der Waals surface area (Å²) in [4.78, 5) is 33.2. The molecule has 0 aromatic heterocycles. The van der Waals surface area contributed by atoms with Gasteiger partial charge in [-0.3, -0.25) is 9.59 Å². The number of hydrogen-bond donors (Lipinski definition) is 4. The zero-order chi connectivity index (χ0) is 16.5. The molecule has 0 radical (unpaired) electrons. The van der Waals surface area contributed by atoms with Crippen LogP contribution in [0.1, 0.15) is 22.3 Å². The minimum absolute atomic E-state index is 0.0240. The topological polar surface area (TPSA) is 108 Å². The van der Waals surface area contributed by atoms with Gasteiger partial charge < -0.3 is 21.1 Å². The van der Waals surface area contributed by atoms with E-state index in [4.69, 9.17) is 5.11 Å². The molecule has 0 spiro atoms. The van der Waals surface area contributed by atoms with Crippen LogP contribution in [0.5, 0.6) is 0 Å². The van der Waals surface area contributed by atoms with Gasteiger partial charge in [0.15, 0.2) is 0 Å². The fourth-order valence-electron chi connectivity index (χ4n) is 1.53. The second-order valence-corrected chi connectivity index (χ2v) is 4.55. The molecule has 0 saturated heterocycles. The first-order valence-electron chi connectivity index (χ1n) is 6.68. The van der Waals surface area contributed by atoms with E-state index in [0.717, 1.165) is 6.07 Å². The number of rotatable bonds is 7. The Morgan fingerprint density at radius 2 is 1.73 bits per heavy atom. The van der Waals surface area contributed by atoms with Crippen molar-refractivity contribution >= 4 is 17.9 Å². The number of benzene rings is 1. The van der Waals surface area contributed by atoms with E-state index in [2.05, 4.69) is 16.0 Å². The molecule has 1 aromatic carbocycles. The molecule has 120 valence electrons. The summed E-state index contributed by atoms with van der Waals surface area (Å²) in [6.07, 6.45) is -0.164. The lowest BCUT2D eigenvalue weighted by Gasteiger charge is -2.08. The SMILES string of the molecule is Cc1ccc(C(=O)NCCNC(=O)NCCC(=O)O)cc1F. The van der Waals surface area contributed by atoms with Gasteiger partial charge in [-0.15, -0.1) is 0 Å². The lowest BCUT2D eigenvalue weighted by molar-refractivity contribution is -0.136. The Balaban J connectivity index is 2.23. The van der Waals surface area contributed by atoms with Crippen LogP contribution in [0.3, 0.4) is 0 Å². The quantitative estimate of drug-likeness (QED) is 0.554. The molecule has 1 rings (SSSR count). The van der Waals surface area contributed by atoms with Gasteiger partial charge in [0.25, 0.3) is 5.91 Å². The molecule has 1 aromatic rings. The molecule has 7 nitrogen and oxygen atoms in total. The van der Waals surface area contributed by atoms with Gasteiger partial charge in [-0.05, 0) is 24.6 Å². The number of urea groups is 1. The lowest BCUT2D eigenvalue weighted by Crippen LogP contribution is -2.40. The molecule has 0 aliphatic heterocycles. The van der Waals surface area contributed by atoms with Crippen LogP contribution >= 0.6 is 0 Å². The van der Waals surface area contributed by atoms with E-state index in [1.807, 2.05) is 0 Å². The third-order valence-electron chi connectivity index (χ3n) is 2.75. The molecule has 3 amide bonds. The summed E-state index contributed by atoms with van der Waals surface area (Å²) in [6, 6.07) is 3.66. The van der Waals surface area contributed by atoms with Gasteiger partial charge in [0.1, 0.15) is 5.82 Å². The van der Waals surface area contributed by atoms with Crippen molar-refractivity contribution < 1.29 is 23.9 Å². The molecule has 4 N–H and O–H groups in total. The van der Waals surface area contributed by atoms with Crippen LogP contribution in [0, 0.1) is 12.7 Å². The largest absolute Gasteiger partial charge is 0.481 e. The molecule has 0 unspecified atom stereocenters. The molecule has 0 atom stereocenters. The first-order valence-corrected chi connectivity index (χ1v) is 6.68. The second kappa shape index (κ2) is 8.60. The fourth-order valence-corrected chi connectivity index (χ4v) is 1.53. The average Bonchev–Trinajstić information content (AvgIpc) is 2.46. The average molecular weight is 311 g/mol. The zero-order valence-corrected chi connectivity index (χ0v) is 12.1. The van der Waals surface area contributed by atoms with Crippen LogP contribution in [-0.4, -0.2) is 42.6 Å². The number of hydrogen-bond acceptors (Lipinski definition) is 3. The molecular formula is C14H18FN3O4. The molecule has 0 aliphatic carbocycles. The van der Waals surface area contributed by atoms with Gasteiger partial charge in [-0.25, -0.2) is 9.18 Å². The lowest BCUT2D eigenvalue weighted by atomic mass is 10.1. The van der Waals surface area contributed by atoms with Crippen molar-refractivity contribution in [3.8, 4) is 0 Å². The highest BCUT2D eigenvalue weighted by Gasteiger charge is 2.07. The van der Waals surface area contributed by atoms with Gasteiger partial charge in [0.05, 0.1) is 6.42 Å². The molecule has 22 heavy (non-hydrogen) atoms. The molecule has 0 heterocycles. The maximum Gasteiger partial charge on any atom is 0.314 e. The number of carboxylic acid groups (broad SMARTS) is 1. The first kappa shape index (κ1) is 17.4. The summed E-state index contributed by atoms with van der Waals surface area (Å²) in [7, 11) is 0. The maximum absolute atomic E-state index is 13.3. The number of halogens is 1. The minimum atomic E-state index is -1.00. The smallest absolute Gasteiger partial charge is 0.314 e.